The quantitative estimate of drug-likeness (QED) is 0.768. The zero-order chi connectivity index (χ0) is 14.5. The van der Waals surface area contributed by atoms with Gasteiger partial charge in [-0.25, -0.2) is 0 Å². The molecule has 2 N–H and O–H groups in total. The van der Waals surface area contributed by atoms with E-state index >= 15 is 0 Å². The lowest BCUT2D eigenvalue weighted by atomic mass is 9.83. The number of piperidine rings is 1. The van der Waals surface area contributed by atoms with E-state index < -0.39 is 12.2 Å². The molecule has 1 aromatic heterocycles. The SMILES string of the molecule is CC(O)(CO)c1ccc2n(c1=O)CC1CC2CN(P)C1. The van der Waals surface area contributed by atoms with Crippen molar-refractivity contribution in [2.75, 3.05) is 19.7 Å². The second-order valence-electron chi connectivity index (χ2n) is 6.27. The van der Waals surface area contributed by atoms with Crippen LogP contribution in [0.15, 0.2) is 16.9 Å². The topological polar surface area (TPSA) is 65.7 Å². The summed E-state index contributed by atoms with van der Waals surface area (Å²) in [6.07, 6.45) is 1.13. The Balaban J connectivity index is 2.08. The highest BCUT2D eigenvalue weighted by molar-refractivity contribution is 7.13. The van der Waals surface area contributed by atoms with Gasteiger partial charge in [-0.05, 0) is 31.4 Å². The summed E-state index contributed by atoms with van der Waals surface area (Å²) in [5.41, 5.74) is -0.297. The molecule has 3 heterocycles. The average Bonchev–Trinajstić information content (AvgIpc) is 2.39. The van der Waals surface area contributed by atoms with Crippen molar-refractivity contribution in [2.24, 2.45) is 5.92 Å². The molecular weight excluding hydrogens is 275 g/mol. The monoisotopic (exact) mass is 296 g/mol. The lowest BCUT2D eigenvalue weighted by Crippen LogP contribution is -2.46. The van der Waals surface area contributed by atoms with E-state index in [4.69, 9.17) is 0 Å². The predicted molar refractivity (Wildman–Crippen MR) is 79.5 cm³/mol. The first kappa shape index (κ1) is 14.2. The van der Waals surface area contributed by atoms with Crippen molar-refractivity contribution >= 4 is 9.39 Å². The first-order chi connectivity index (χ1) is 9.42. The minimum absolute atomic E-state index is 0.159. The van der Waals surface area contributed by atoms with Crippen LogP contribution in [0.5, 0.6) is 0 Å². The fraction of sp³-hybridized carbons (Fsp3) is 0.643. The number of pyridine rings is 1. The van der Waals surface area contributed by atoms with Crippen molar-refractivity contribution in [2.45, 2.75) is 31.4 Å². The summed E-state index contributed by atoms with van der Waals surface area (Å²) in [4.78, 5) is 12.6. The summed E-state index contributed by atoms with van der Waals surface area (Å²) in [7, 11) is 2.75. The van der Waals surface area contributed by atoms with E-state index in [2.05, 4.69) is 14.1 Å². The Hall–Kier alpha value is -0.740. The Kier molecular flexibility index (Phi) is 3.49. The van der Waals surface area contributed by atoms with Gasteiger partial charge in [0.1, 0.15) is 5.60 Å². The second kappa shape index (κ2) is 4.92. The zero-order valence-corrected chi connectivity index (χ0v) is 12.8. The molecule has 2 bridgehead atoms. The Morgan fingerprint density at radius 3 is 2.85 bits per heavy atom. The molecule has 3 rings (SSSR count). The summed E-state index contributed by atoms with van der Waals surface area (Å²) in [6.45, 7) is 3.65. The number of aliphatic hydroxyl groups excluding tert-OH is 1. The van der Waals surface area contributed by atoms with Crippen LogP contribution in [0.2, 0.25) is 0 Å². The summed E-state index contributed by atoms with van der Waals surface area (Å²) < 4.78 is 4.04. The largest absolute Gasteiger partial charge is 0.393 e. The Morgan fingerprint density at radius 2 is 2.15 bits per heavy atom. The predicted octanol–water partition coefficient (Wildman–Crippen LogP) is 0.257. The number of hydrogen-bond donors (Lipinski definition) is 2. The Morgan fingerprint density at radius 1 is 1.40 bits per heavy atom. The van der Waals surface area contributed by atoms with E-state index in [1.165, 1.54) is 6.92 Å². The molecule has 0 radical (unpaired) electrons. The maximum absolute atomic E-state index is 12.6. The number of nitrogens with zero attached hydrogens (tertiary/aromatic N) is 2. The van der Waals surface area contributed by atoms with Gasteiger partial charge in [-0.15, -0.1) is 0 Å². The molecule has 2 aliphatic heterocycles. The highest BCUT2D eigenvalue weighted by Crippen LogP contribution is 2.36. The van der Waals surface area contributed by atoms with Gasteiger partial charge >= 0.3 is 0 Å². The number of hydrogen-bond acceptors (Lipinski definition) is 4. The van der Waals surface area contributed by atoms with E-state index in [-0.39, 0.29) is 11.1 Å². The maximum Gasteiger partial charge on any atom is 0.256 e. The second-order valence-corrected chi connectivity index (χ2v) is 7.00. The smallest absolute Gasteiger partial charge is 0.256 e. The molecule has 110 valence electrons. The zero-order valence-electron chi connectivity index (χ0n) is 11.6. The summed E-state index contributed by atoms with van der Waals surface area (Å²) in [5, 5.41) is 19.4. The molecule has 0 aromatic carbocycles. The normalized spacial score (nSPS) is 28.8. The van der Waals surface area contributed by atoms with Crippen LogP contribution in [-0.4, -0.2) is 39.1 Å². The molecule has 4 unspecified atom stereocenters. The van der Waals surface area contributed by atoms with Crippen molar-refractivity contribution < 1.29 is 10.2 Å². The first-order valence-electron chi connectivity index (χ1n) is 6.99. The van der Waals surface area contributed by atoms with Crippen molar-refractivity contribution in [1.82, 2.24) is 9.24 Å². The molecule has 1 saturated heterocycles. The average molecular weight is 296 g/mol. The van der Waals surface area contributed by atoms with Crippen LogP contribution in [0, 0.1) is 5.92 Å². The molecule has 4 atom stereocenters. The van der Waals surface area contributed by atoms with Crippen LogP contribution in [0.25, 0.3) is 0 Å². The first-order valence-corrected chi connectivity index (χ1v) is 7.51. The number of aliphatic hydroxyl groups is 2. The van der Waals surface area contributed by atoms with Gasteiger partial charge in [0, 0.05) is 31.2 Å². The standard InChI is InChI=1S/C14H21N2O3P/c1-14(19,8-17)11-2-3-12-10-4-9(5-15(20)7-10)6-16(12)13(11)18/h2-3,9-10,17,19H,4-8,20H2,1H3. The summed E-state index contributed by atoms with van der Waals surface area (Å²) in [5.74, 6) is 0.853. The van der Waals surface area contributed by atoms with Gasteiger partial charge in [0.05, 0.1) is 12.2 Å². The van der Waals surface area contributed by atoms with Crippen molar-refractivity contribution in [3.05, 3.63) is 33.7 Å². The number of aromatic nitrogens is 1. The van der Waals surface area contributed by atoms with E-state index in [9.17, 15) is 15.0 Å². The molecule has 0 spiro atoms. The van der Waals surface area contributed by atoms with Gasteiger partial charge < -0.3 is 14.8 Å². The molecule has 0 aliphatic carbocycles. The minimum atomic E-state index is -1.47. The highest BCUT2D eigenvalue weighted by Gasteiger charge is 2.35. The van der Waals surface area contributed by atoms with Crippen molar-refractivity contribution in [1.29, 1.82) is 0 Å². The van der Waals surface area contributed by atoms with Crippen LogP contribution in [0.4, 0.5) is 0 Å². The molecule has 20 heavy (non-hydrogen) atoms. The third-order valence-corrected chi connectivity index (χ3v) is 4.94. The summed E-state index contributed by atoms with van der Waals surface area (Å²) in [6, 6.07) is 3.61. The van der Waals surface area contributed by atoms with Crippen LogP contribution < -0.4 is 5.56 Å². The molecule has 1 aromatic rings. The summed E-state index contributed by atoms with van der Waals surface area (Å²) >= 11 is 0. The van der Waals surface area contributed by atoms with Gasteiger partial charge in [-0.3, -0.25) is 9.46 Å². The third-order valence-electron chi connectivity index (χ3n) is 4.52. The highest BCUT2D eigenvalue weighted by atomic mass is 31.0. The number of fused-ring (bicyclic) bond motifs is 4. The van der Waals surface area contributed by atoms with Crippen LogP contribution in [-0.2, 0) is 12.1 Å². The molecule has 2 aliphatic rings. The van der Waals surface area contributed by atoms with Crippen LogP contribution >= 0.6 is 9.39 Å². The Labute approximate surface area is 120 Å². The van der Waals surface area contributed by atoms with E-state index in [0.717, 1.165) is 25.2 Å². The molecule has 0 amide bonds. The van der Waals surface area contributed by atoms with E-state index in [1.807, 2.05) is 6.07 Å². The van der Waals surface area contributed by atoms with Crippen LogP contribution in [0.3, 0.4) is 0 Å². The van der Waals surface area contributed by atoms with Crippen LogP contribution in [0.1, 0.15) is 30.5 Å². The Bertz CT molecular complexity index is 584. The lowest BCUT2D eigenvalue weighted by molar-refractivity contribution is -0.00410. The fourth-order valence-corrected chi connectivity index (χ4v) is 4.03. The molecule has 6 heteroatoms. The van der Waals surface area contributed by atoms with Gasteiger partial charge in [-0.2, -0.15) is 0 Å². The van der Waals surface area contributed by atoms with E-state index in [0.29, 0.717) is 18.4 Å². The lowest BCUT2D eigenvalue weighted by Gasteiger charge is -2.41. The van der Waals surface area contributed by atoms with E-state index in [1.54, 1.807) is 10.6 Å². The molecule has 0 saturated carbocycles. The van der Waals surface area contributed by atoms with Crippen molar-refractivity contribution in [3.63, 3.8) is 0 Å². The van der Waals surface area contributed by atoms with Gasteiger partial charge in [0.25, 0.3) is 5.56 Å². The third kappa shape index (κ3) is 2.23. The molecule has 5 nitrogen and oxygen atoms in total. The maximum atomic E-state index is 12.6. The molecular formula is C14H21N2O3P. The fourth-order valence-electron chi connectivity index (χ4n) is 3.48. The van der Waals surface area contributed by atoms with Gasteiger partial charge in [0.2, 0.25) is 0 Å². The minimum Gasteiger partial charge on any atom is -0.393 e. The van der Waals surface area contributed by atoms with Gasteiger partial charge in [-0.1, -0.05) is 9.39 Å². The number of rotatable bonds is 2. The van der Waals surface area contributed by atoms with Crippen molar-refractivity contribution in [3.8, 4) is 0 Å². The van der Waals surface area contributed by atoms with Gasteiger partial charge in [0.15, 0.2) is 0 Å². The molecule has 1 fully saturated rings.